The molecule has 0 saturated heterocycles. The maximum absolute atomic E-state index is 10.8. The Bertz CT molecular complexity index is 373. The van der Waals surface area contributed by atoms with Crippen LogP contribution in [-0.2, 0) is 0 Å². The molecule has 0 radical (unpaired) electrons. The van der Waals surface area contributed by atoms with E-state index in [0.29, 0.717) is 12.1 Å². The molecule has 1 rings (SSSR count). The van der Waals surface area contributed by atoms with Crippen LogP contribution >= 0.6 is 0 Å². The monoisotopic (exact) mass is 194 g/mol. The van der Waals surface area contributed by atoms with Crippen molar-refractivity contribution in [2.45, 2.75) is 0 Å². The number of hydrogen-bond donors (Lipinski definition) is 0. The fourth-order valence-corrected chi connectivity index (χ4v) is 0.880. The molecule has 0 amide bonds. The molecule has 0 spiro atoms. The quantitative estimate of drug-likeness (QED) is 0.482. The van der Waals surface area contributed by atoms with E-state index in [0.717, 1.165) is 0 Å². The molecule has 1 aromatic rings. The first kappa shape index (κ1) is 9.85. The van der Waals surface area contributed by atoms with Crippen molar-refractivity contribution in [2.75, 3.05) is 0 Å². The second-order valence-electron chi connectivity index (χ2n) is 2.42. The lowest BCUT2D eigenvalue weighted by Gasteiger charge is -2.22. The maximum Gasteiger partial charge on any atom is 0.0709 e. The van der Waals surface area contributed by atoms with E-state index in [9.17, 15) is 30.0 Å². The second kappa shape index (κ2) is 3.25. The number of carboxylic acid groups (broad SMARTS) is 2. The van der Waals surface area contributed by atoms with Crippen LogP contribution in [0.5, 0.6) is 11.5 Å². The van der Waals surface area contributed by atoms with Crippen LogP contribution in [0.25, 0.3) is 0 Å². The van der Waals surface area contributed by atoms with Gasteiger partial charge in [-0.05, 0) is 17.2 Å². The summed E-state index contributed by atoms with van der Waals surface area (Å²) in [7, 11) is 0. The van der Waals surface area contributed by atoms with Crippen molar-refractivity contribution >= 4 is 11.9 Å². The summed E-state index contributed by atoms with van der Waals surface area (Å²) in [6.07, 6.45) is 0. The van der Waals surface area contributed by atoms with Gasteiger partial charge in [-0.15, -0.1) is 11.5 Å². The van der Waals surface area contributed by atoms with Crippen molar-refractivity contribution in [2.24, 2.45) is 0 Å². The van der Waals surface area contributed by atoms with Gasteiger partial charge in [-0.1, -0.05) is 6.07 Å². The fraction of sp³-hybridized carbons (Fsp3) is 0. The first-order valence-corrected chi connectivity index (χ1v) is 3.38. The van der Waals surface area contributed by atoms with E-state index in [-0.39, 0.29) is 0 Å². The first-order chi connectivity index (χ1) is 6.43. The Morgan fingerprint density at radius 3 is 1.50 bits per heavy atom. The Morgan fingerprint density at radius 2 is 1.21 bits per heavy atom. The molecule has 0 aromatic heterocycles. The first-order valence-electron chi connectivity index (χ1n) is 3.38. The van der Waals surface area contributed by atoms with E-state index in [4.69, 9.17) is 0 Å². The Hall–Kier alpha value is -2.24. The molecule has 0 aliphatic carbocycles. The zero-order chi connectivity index (χ0) is 10.9. The lowest BCUT2D eigenvalue weighted by atomic mass is 10.1. The minimum Gasteiger partial charge on any atom is -0.872 e. The standard InChI is InChI=1S/C8H6O6/c9-5-2-6(10)4(8(13)14)1-3(5)7(11)12/h1-2,9-10H,(H,11,12)(H,13,14)/p-4. The Kier molecular flexibility index (Phi) is 2.29. The zero-order valence-corrected chi connectivity index (χ0v) is 6.60. The highest BCUT2D eigenvalue weighted by atomic mass is 16.4. The molecule has 74 valence electrons. The molecule has 0 bridgehead atoms. The van der Waals surface area contributed by atoms with E-state index in [2.05, 4.69) is 0 Å². The van der Waals surface area contributed by atoms with Crippen molar-refractivity contribution in [3.8, 4) is 11.5 Å². The van der Waals surface area contributed by atoms with Crippen molar-refractivity contribution in [3.05, 3.63) is 23.3 Å². The normalized spacial score (nSPS) is 9.71. The lowest BCUT2D eigenvalue weighted by molar-refractivity contribution is -0.285. The van der Waals surface area contributed by atoms with Gasteiger partial charge in [0, 0.05) is 0 Å². The number of carboxylic acids is 2. The predicted octanol–water partition coefficient (Wildman–Crippen LogP) is -3.44. The zero-order valence-electron chi connectivity index (χ0n) is 6.60. The molecule has 14 heavy (non-hydrogen) atoms. The summed E-state index contributed by atoms with van der Waals surface area (Å²) in [6.45, 7) is 0. The van der Waals surface area contributed by atoms with Crippen molar-refractivity contribution in [1.29, 1.82) is 0 Å². The molecule has 0 N–H and O–H groups in total. The van der Waals surface area contributed by atoms with E-state index in [1.54, 1.807) is 0 Å². The summed E-state index contributed by atoms with van der Waals surface area (Å²) in [5, 5.41) is 42.2. The highest BCUT2D eigenvalue weighted by Crippen LogP contribution is 2.22. The van der Waals surface area contributed by atoms with Gasteiger partial charge in [-0.2, -0.15) is 0 Å². The number of rotatable bonds is 2. The van der Waals surface area contributed by atoms with Crippen LogP contribution in [0.15, 0.2) is 12.1 Å². The van der Waals surface area contributed by atoms with Gasteiger partial charge in [0.2, 0.25) is 0 Å². The van der Waals surface area contributed by atoms with E-state index in [1.165, 1.54) is 0 Å². The van der Waals surface area contributed by atoms with Gasteiger partial charge >= 0.3 is 0 Å². The summed E-state index contributed by atoms with van der Waals surface area (Å²) in [5.74, 6) is -5.84. The van der Waals surface area contributed by atoms with Crippen molar-refractivity contribution < 1.29 is 30.0 Å². The van der Waals surface area contributed by atoms with E-state index >= 15 is 0 Å². The molecule has 1 aromatic carbocycles. The topological polar surface area (TPSA) is 126 Å². The summed E-state index contributed by atoms with van der Waals surface area (Å²) < 4.78 is 0. The molecular formula is C8H2O6-4. The largest absolute Gasteiger partial charge is 0.872 e. The Labute approximate surface area is 77.7 Å². The van der Waals surface area contributed by atoms with Crippen LogP contribution in [0.2, 0.25) is 0 Å². The maximum atomic E-state index is 10.8. The van der Waals surface area contributed by atoms with Gasteiger partial charge in [0.15, 0.2) is 0 Å². The van der Waals surface area contributed by atoms with Crippen LogP contribution < -0.4 is 20.4 Å². The Balaban J connectivity index is 3.42. The van der Waals surface area contributed by atoms with Gasteiger partial charge < -0.3 is 30.0 Å². The summed E-state index contributed by atoms with van der Waals surface area (Å²) in [4.78, 5) is 20.6. The third-order valence-electron chi connectivity index (χ3n) is 1.52. The predicted molar refractivity (Wildman–Crippen MR) is 34.0 cm³/mol. The summed E-state index contributed by atoms with van der Waals surface area (Å²) in [6, 6.07) is 0.811. The number of hydrogen-bond acceptors (Lipinski definition) is 6. The van der Waals surface area contributed by atoms with Crippen LogP contribution in [-0.4, -0.2) is 11.9 Å². The van der Waals surface area contributed by atoms with Gasteiger partial charge in [0.1, 0.15) is 0 Å². The van der Waals surface area contributed by atoms with Gasteiger partial charge in [-0.25, -0.2) is 0 Å². The third kappa shape index (κ3) is 1.58. The van der Waals surface area contributed by atoms with Crippen molar-refractivity contribution in [1.82, 2.24) is 0 Å². The molecule has 0 saturated carbocycles. The van der Waals surface area contributed by atoms with Gasteiger partial charge in [0.25, 0.3) is 0 Å². The SMILES string of the molecule is O=C([O-])c1cc(C(=O)[O-])c([O-])cc1[O-]. The van der Waals surface area contributed by atoms with Gasteiger partial charge in [-0.3, -0.25) is 0 Å². The van der Waals surface area contributed by atoms with E-state index < -0.39 is 34.6 Å². The lowest BCUT2D eigenvalue weighted by Crippen LogP contribution is -2.27. The average Bonchev–Trinajstić information content (AvgIpc) is 2.02. The van der Waals surface area contributed by atoms with Crippen LogP contribution in [0.3, 0.4) is 0 Å². The average molecular weight is 194 g/mol. The third-order valence-corrected chi connectivity index (χ3v) is 1.52. The molecule has 0 heterocycles. The molecule has 0 atom stereocenters. The van der Waals surface area contributed by atoms with Crippen molar-refractivity contribution in [3.63, 3.8) is 0 Å². The van der Waals surface area contributed by atoms with Gasteiger partial charge in [0.05, 0.1) is 11.9 Å². The second-order valence-corrected chi connectivity index (χ2v) is 2.42. The minimum absolute atomic E-state index is 0.371. The minimum atomic E-state index is -1.84. The fourth-order valence-electron chi connectivity index (χ4n) is 0.880. The molecule has 6 heteroatoms. The van der Waals surface area contributed by atoms with Crippen LogP contribution in [0.4, 0.5) is 0 Å². The molecule has 6 nitrogen and oxygen atoms in total. The molecule has 0 unspecified atom stereocenters. The molecular weight excluding hydrogens is 192 g/mol. The summed E-state index contributed by atoms with van der Waals surface area (Å²) >= 11 is 0. The number of aromatic carboxylic acids is 2. The summed E-state index contributed by atoms with van der Waals surface area (Å²) in [5.41, 5.74) is -1.74. The highest BCUT2D eigenvalue weighted by molar-refractivity contribution is 5.95. The van der Waals surface area contributed by atoms with E-state index in [1.807, 2.05) is 0 Å². The number of benzene rings is 1. The highest BCUT2D eigenvalue weighted by Gasteiger charge is 2.00. The smallest absolute Gasteiger partial charge is 0.0709 e. The number of carbonyl (C=O) groups excluding carboxylic acids is 2. The van der Waals surface area contributed by atoms with Crippen LogP contribution in [0, 0.1) is 0 Å². The van der Waals surface area contributed by atoms with Crippen LogP contribution in [0.1, 0.15) is 20.7 Å². The molecule has 0 aliphatic heterocycles. The molecule has 0 fully saturated rings. The molecule has 0 aliphatic rings. The number of carbonyl (C=O) groups is 2. The Morgan fingerprint density at radius 1 is 0.857 bits per heavy atom.